The van der Waals surface area contributed by atoms with Crippen molar-refractivity contribution in [3.05, 3.63) is 42.0 Å². The fourth-order valence-corrected chi connectivity index (χ4v) is 1.90. The summed E-state index contributed by atoms with van der Waals surface area (Å²) in [4.78, 5) is 13.8. The Hall–Kier alpha value is -1.65. The molecule has 2 N–H and O–H groups in total. The number of nitrogens with zero attached hydrogens (tertiary/aromatic N) is 1. The van der Waals surface area contributed by atoms with E-state index in [9.17, 15) is 4.79 Å². The summed E-state index contributed by atoms with van der Waals surface area (Å²) in [5.74, 6) is 0.0144. The lowest BCUT2D eigenvalue weighted by Crippen LogP contribution is -2.47. The number of hydrogen-bond acceptors (Lipinski definition) is 3. The second kappa shape index (κ2) is 6.33. The van der Waals surface area contributed by atoms with Gasteiger partial charge in [-0.05, 0) is 11.6 Å². The largest absolute Gasteiger partial charge is 0.373 e. The standard InChI is InChI=1S/C14H18N2O2/c15-10-13-11-16(8-9-18-13)14(17)7-6-12-4-2-1-3-5-12/h1-7,13H,8-11,15H2/b7-6+. The lowest BCUT2D eigenvalue weighted by molar-refractivity contribution is -0.133. The van der Waals surface area contributed by atoms with Gasteiger partial charge in [0.15, 0.2) is 0 Å². The maximum Gasteiger partial charge on any atom is 0.246 e. The van der Waals surface area contributed by atoms with E-state index in [1.165, 1.54) is 0 Å². The smallest absolute Gasteiger partial charge is 0.246 e. The molecule has 0 radical (unpaired) electrons. The highest BCUT2D eigenvalue weighted by Crippen LogP contribution is 2.06. The van der Waals surface area contributed by atoms with Gasteiger partial charge >= 0.3 is 0 Å². The molecule has 1 aromatic carbocycles. The number of carbonyl (C=O) groups excluding carboxylic acids is 1. The molecule has 1 saturated heterocycles. The van der Waals surface area contributed by atoms with Crippen molar-refractivity contribution < 1.29 is 9.53 Å². The van der Waals surface area contributed by atoms with Gasteiger partial charge < -0.3 is 15.4 Å². The molecule has 1 atom stereocenters. The normalized spacial score (nSPS) is 20.3. The Labute approximate surface area is 107 Å². The van der Waals surface area contributed by atoms with Crippen LogP contribution in [0.3, 0.4) is 0 Å². The number of ether oxygens (including phenoxy) is 1. The number of benzene rings is 1. The molecule has 4 nitrogen and oxygen atoms in total. The summed E-state index contributed by atoms with van der Waals surface area (Å²) in [6.07, 6.45) is 3.40. The second-order valence-electron chi connectivity index (χ2n) is 4.26. The monoisotopic (exact) mass is 246 g/mol. The summed E-state index contributed by atoms with van der Waals surface area (Å²) in [5.41, 5.74) is 6.57. The first kappa shape index (κ1) is 12.8. The Morgan fingerprint density at radius 3 is 2.94 bits per heavy atom. The number of hydrogen-bond donors (Lipinski definition) is 1. The highest BCUT2D eigenvalue weighted by Gasteiger charge is 2.21. The molecular formula is C14H18N2O2. The second-order valence-corrected chi connectivity index (χ2v) is 4.26. The van der Waals surface area contributed by atoms with Crippen molar-refractivity contribution >= 4 is 12.0 Å². The first-order valence-corrected chi connectivity index (χ1v) is 6.13. The maximum absolute atomic E-state index is 12.0. The van der Waals surface area contributed by atoms with Crippen molar-refractivity contribution in [3.63, 3.8) is 0 Å². The molecule has 1 aliphatic rings. The molecule has 1 fully saturated rings. The van der Waals surface area contributed by atoms with Crippen molar-refractivity contribution in [2.45, 2.75) is 6.10 Å². The average molecular weight is 246 g/mol. The van der Waals surface area contributed by atoms with Crippen LogP contribution in [0.1, 0.15) is 5.56 Å². The predicted octanol–water partition coefficient (Wildman–Crippen LogP) is 0.886. The molecule has 1 heterocycles. The Balaban J connectivity index is 1.93. The van der Waals surface area contributed by atoms with Gasteiger partial charge in [-0.2, -0.15) is 0 Å². The first-order chi connectivity index (χ1) is 8.79. The van der Waals surface area contributed by atoms with Gasteiger partial charge in [0.1, 0.15) is 0 Å². The maximum atomic E-state index is 12.0. The van der Waals surface area contributed by atoms with Crippen molar-refractivity contribution in [2.24, 2.45) is 5.73 Å². The summed E-state index contributed by atoms with van der Waals surface area (Å²) in [5, 5.41) is 0. The summed E-state index contributed by atoms with van der Waals surface area (Å²) in [6.45, 7) is 2.22. The lowest BCUT2D eigenvalue weighted by Gasteiger charge is -2.31. The molecule has 0 bridgehead atoms. The van der Waals surface area contributed by atoms with Gasteiger partial charge in [0, 0.05) is 25.7 Å². The molecule has 2 rings (SSSR count). The summed E-state index contributed by atoms with van der Waals surface area (Å²) in [6, 6.07) is 9.78. The van der Waals surface area contributed by atoms with Gasteiger partial charge in [0.25, 0.3) is 0 Å². The highest BCUT2D eigenvalue weighted by atomic mass is 16.5. The predicted molar refractivity (Wildman–Crippen MR) is 70.9 cm³/mol. The number of carbonyl (C=O) groups is 1. The number of rotatable bonds is 3. The molecule has 1 unspecified atom stereocenters. The van der Waals surface area contributed by atoms with Gasteiger partial charge in [-0.3, -0.25) is 4.79 Å². The zero-order valence-electron chi connectivity index (χ0n) is 10.3. The van der Waals surface area contributed by atoms with Crippen molar-refractivity contribution in [1.82, 2.24) is 4.90 Å². The SMILES string of the molecule is NCC1CN(C(=O)/C=C/c2ccccc2)CCO1. The van der Waals surface area contributed by atoms with Gasteiger partial charge in [-0.15, -0.1) is 0 Å². The van der Waals surface area contributed by atoms with E-state index >= 15 is 0 Å². The van der Waals surface area contributed by atoms with Gasteiger partial charge in [-0.25, -0.2) is 0 Å². The van der Waals surface area contributed by atoms with E-state index in [0.29, 0.717) is 26.2 Å². The van der Waals surface area contributed by atoms with Crippen LogP contribution in [0.5, 0.6) is 0 Å². The van der Waals surface area contributed by atoms with Crippen LogP contribution in [0.4, 0.5) is 0 Å². The van der Waals surface area contributed by atoms with E-state index in [1.807, 2.05) is 36.4 Å². The topological polar surface area (TPSA) is 55.6 Å². The summed E-state index contributed by atoms with van der Waals surface area (Å²) < 4.78 is 5.43. The van der Waals surface area contributed by atoms with Crippen LogP contribution in [0.2, 0.25) is 0 Å². The van der Waals surface area contributed by atoms with Crippen LogP contribution in [-0.2, 0) is 9.53 Å². The molecule has 4 heteroatoms. The molecule has 0 aliphatic carbocycles. The van der Waals surface area contributed by atoms with E-state index in [0.717, 1.165) is 5.56 Å². The molecule has 0 aromatic heterocycles. The number of morpholine rings is 1. The summed E-state index contributed by atoms with van der Waals surface area (Å²) >= 11 is 0. The molecule has 18 heavy (non-hydrogen) atoms. The zero-order valence-corrected chi connectivity index (χ0v) is 10.3. The first-order valence-electron chi connectivity index (χ1n) is 6.13. The van der Waals surface area contributed by atoms with Crippen molar-refractivity contribution in [3.8, 4) is 0 Å². The van der Waals surface area contributed by atoms with E-state index in [4.69, 9.17) is 10.5 Å². The van der Waals surface area contributed by atoms with Gasteiger partial charge in [-0.1, -0.05) is 30.3 Å². The molecule has 1 amide bonds. The Morgan fingerprint density at radius 2 is 2.22 bits per heavy atom. The quantitative estimate of drug-likeness (QED) is 0.806. The molecule has 1 aliphatic heterocycles. The average Bonchev–Trinajstić information content (AvgIpc) is 2.46. The number of nitrogens with two attached hydrogens (primary N) is 1. The Kier molecular flexibility index (Phi) is 4.50. The third-order valence-corrected chi connectivity index (χ3v) is 2.93. The molecular weight excluding hydrogens is 228 g/mol. The number of amides is 1. The van der Waals surface area contributed by atoms with Gasteiger partial charge in [0.05, 0.1) is 12.7 Å². The van der Waals surface area contributed by atoms with Crippen LogP contribution in [-0.4, -0.2) is 43.2 Å². The van der Waals surface area contributed by atoms with E-state index in [1.54, 1.807) is 11.0 Å². The van der Waals surface area contributed by atoms with E-state index in [2.05, 4.69) is 0 Å². The molecule has 0 saturated carbocycles. The van der Waals surface area contributed by atoms with Crippen LogP contribution >= 0.6 is 0 Å². The third-order valence-electron chi connectivity index (χ3n) is 2.93. The summed E-state index contributed by atoms with van der Waals surface area (Å²) in [7, 11) is 0. The van der Waals surface area contributed by atoms with Crippen LogP contribution in [0.25, 0.3) is 6.08 Å². The Bertz CT molecular complexity index is 417. The van der Waals surface area contributed by atoms with E-state index < -0.39 is 0 Å². The van der Waals surface area contributed by atoms with Crippen molar-refractivity contribution in [2.75, 3.05) is 26.2 Å². The minimum Gasteiger partial charge on any atom is -0.373 e. The van der Waals surface area contributed by atoms with Crippen LogP contribution in [0, 0.1) is 0 Å². The molecule has 0 spiro atoms. The fourth-order valence-electron chi connectivity index (χ4n) is 1.90. The minimum atomic E-state index is -0.0344. The van der Waals surface area contributed by atoms with Crippen LogP contribution in [0.15, 0.2) is 36.4 Å². The lowest BCUT2D eigenvalue weighted by atomic mass is 10.2. The van der Waals surface area contributed by atoms with Gasteiger partial charge in [0.2, 0.25) is 5.91 Å². The zero-order chi connectivity index (χ0) is 12.8. The molecule has 96 valence electrons. The highest BCUT2D eigenvalue weighted by molar-refractivity contribution is 5.91. The van der Waals surface area contributed by atoms with E-state index in [-0.39, 0.29) is 12.0 Å². The van der Waals surface area contributed by atoms with Crippen LogP contribution < -0.4 is 5.73 Å². The minimum absolute atomic E-state index is 0.0144. The Morgan fingerprint density at radius 1 is 1.44 bits per heavy atom. The fraction of sp³-hybridized carbons (Fsp3) is 0.357. The third kappa shape index (κ3) is 3.42. The molecule has 1 aromatic rings. The van der Waals surface area contributed by atoms with Crippen molar-refractivity contribution in [1.29, 1.82) is 0 Å².